The highest BCUT2D eigenvalue weighted by Gasteiger charge is 2.41. The van der Waals surface area contributed by atoms with E-state index < -0.39 is 0 Å². The van der Waals surface area contributed by atoms with Crippen LogP contribution in [-0.4, -0.2) is 11.1 Å². The summed E-state index contributed by atoms with van der Waals surface area (Å²) < 4.78 is 0. The number of allylic oxidation sites excluding steroid dienone is 2. The zero-order valence-corrected chi connectivity index (χ0v) is 16.3. The van der Waals surface area contributed by atoms with Gasteiger partial charge in [0.05, 0.1) is 0 Å². The standard InChI is InChI=1S/C20H33ClS/c1-12(2)16-10-15(8-9-18(16)21)20-19(14-6-5-7-14)17(11-22-20)13(3)4/h12-18H,5-11H2,1-4H3. The third-order valence-electron chi connectivity index (χ3n) is 6.49. The maximum Gasteiger partial charge on any atom is 0.0367 e. The molecule has 4 unspecified atom stereocenters. The van der Waals surface area contributed by atoms with Crippen molar-refractivity contribution in [1.82, 2.24) is 0 Å². The van der Waals surface area contributed by atoms with Crippen molar-refractivity contribution in [1.29, 1.82) is 0 Å². The number of hydrogen-bond acceptors (Lipinski definition) is 1. The van der Waals surface area contributed by atoms with Gasteiger partial charge in [0.15, 0.2) is 0 Å². The minimum atomic E-state index is 0.413. The highest BCUT2D eigenvalue weighted by molar-refractivity contribution is 8.03. The molecule has 0 bridgehead atoms. The normalized spacial score (nSPS) is 37.2. The molecule has 0 aromatic rings. The third-order valence-corrected chi connectivity index (χ3v) is 8.44. The zero-order valence-electron chi connectivity index (χ0n) is 14.8. The maximum atomic E-state index is 6.64. The Balaban J connectivity index is 1.82. The molecule has 1 aliphatic heterocycles. The van der Waals surface area contributed by atoms with E-state index in [1.807, 2.05) is 10.5 Å². The molecule has 2 saturated carbocycles. The van der Waals surface area contributed by atoms with Crippen LogP contribution in [0.2, 0.25) is 0 Å². The Morgan fingerprint density at radius 1 is 0.955 bits per heavy atom. The summed E-state index contributed by atoms with van der Waals surface area (Å²) in [6.07, 6.45) is 8.28. The minimum absolute atomic E-state index is 0.413. The number of halogens is 1. The molecular weight excluding hydrogens is 308 g/mol. The highest BCUT2D eigenvalue weighted by atomic mass is 35.5. The first-order valence-corrected chi connectivity index (χ1v) is 10.9. The molecule has 2 heteroatoms. The molecule has 22 heavy (non-hydrogen) atoms. The molecule has 4 atom stereocenters. The maximum absolute atomic E-state index is 6.64. The van der Waals surface area contributed by atoms with E-state index in [-0.39, 0.29) is 0 Å². The zero-order chi connectivity index (χ0) is 15.9. The molecule has 0 aromatic heterocycles. The largest absolute Gasteiger partial charge is 0.130 e. The van der Waals surface area contributed by atoms with Crippen LogP contribution in [0.1, 0.15) is 66.2 Å². The SMILES string of the molecule is CC(C)C1CSC(C2CCC(Cl)C(C(C)C)C2)=C1C1CCC1. The van der Waals surface area contributed by atoms with Gasteiger partial charge in [0.2, 0.25) is 0 Å². The molecule has 2 fully saturated rings. The van der Waals surface area contributed by atoms with Gasteiger partial charge in [-0.05, 0) is 72.5 Å². The molecule has 0 aromatic carbocycles. The highest BCUT2D eigenvalue weighted by Crippen LogP contribution is 2.54. The van der Waals surface area contributed by atoms with Gasteiger partial charge < -0.3 is 0 Å². The van der Waals surface area contributed by atoms with E-state index in [0.717, 1.165) is 29.6 Å². The van der Waals surface area contributed by atoms with Gasteiger partial charge >= 0.3 is 0 Å². The smallest absolute Gasteiger partial charge is 0.0367 e. The van der Waals surface area contributed by atoms with Gasteiger partial charge in [-0.25, -0.2) is 0 Å². The molecule has 1 heterocycles. The summed E-state index contributed by atoms with van der Waals surface area (Å²) in [6.45, 7) is 9.59. The van der Waals surface area contributed by atoms with E-state index in [2.05, 4.69) is 39.5 Å². The second-order valence-corrected chi connectivity index (χ2v) is 10.2. The minimum Gasteiger partial charge on any atom is -0.130 e. The van der Waals surface area contributed by atoms with Gasteiger partial charge in [0.25, 0.3) is 0 Å². The molecule has 0 amide bonds. The number of alkyl halides is 1. The van der Waals surface area contributed by atoms with Crippen molar-refractivity contribution < 1.29 is 0 Å². The predicted octanol–water partition coefficient (Wildman–Crippen LogP) is 6.74. The fraction of sp³-hybridized carbons (Fsp3) is 0.900. The number of rotatable bonds is 4. The lowest BCUT2D eigenvalue weighted by molar-refractivity contribution is 0.241. The van der Waals surface area contributed by atoms with Gasteiger partial charge in [-0.2, -0.15) is 0 Å². The Hall–Kier alpha value is 0.380. The molecule has 3 rings (SSSR count). The fourth-order valence-electron chi connectivity index (χ4n) is 4.76. The Kier molecular flexibility index (Phi) is 5.55. The monoisotopic (exact) mass is 340 g/mol. The second-order valence-electron chi connectivity index (χ2n) is 8.54. The second kappa shape index (κ2) is 7.09. The topological polar surface area (TPSA) is 0 Å². The molecular formula is C20H33ClS. The molecule has 0 saturated heterocycles. The van der Waals surface area contributed by atoms with E-state index in [9.17, 15) is 0 Å². The van der Waals surface area contributed by atoms with Crippen molar-refractivity contribution in [3.05, 3.63) is 10.5 Å². The van der Waals surface area contributed by atoms with Crippen LogP contribution in [-0.2, 0) is 0 Å². The van der Waals surface area contributed by atoms with Gasteiger partial charge in [0, 0.05) is 11.1 Å². The van der Waals surface area contributed by atoms with E-state index in [1.54, 1.807) is 0 Å². The quantitative estimate of drug-likeness (QED) is 0.510. The Labute approximate surface area is 146 Å². The van der Waals surface area contributed by atoms with Crippen molar-refractivity contribution in [2.75, 3.05) is 5.75 Å². The lowest BCUT2D eigenvalue weighted by Crippen LogP contribution is -2.30. The van der Waals surface area contributed by atoms with E-state index >= 15 is 0 Å². The van der Waals surface area contributed by atoms with Crippen LogP contribution in [0.25, 0.3) is 0 Å². The lowest BCUT2D eigenvalue weighted by atomic mass is 9.69. The lowest BCUT2D eigenvalue weighted by Gasteiger charge is -2.38. The summed E-state index contributed by atoms with van der Waals surface area (Å²) in [5.41, 5.74) is 1.91. The van der Waals surface area contributed by atoms with Gasteiger partial charge in [-0.15, -0.1) is 23.4 Å². The summed E-state index contributed by atoms with van der Waals surface area (Å²) in [6, 6.07) is 0. The van der Waals surface area contributed by atoms with Crippen LogP contribution < -0.4 is 0 Å². The van der Waals surface area contributed by atoms with Gasteiger partial charge in [0.1, 0.15) is 0 Å². The van der Waals surface area contributed by atoms with Crippen LogP contribution in [0.15, 0.2) is 10.5 Å². The summed E-state index contributed by atoms with van der Waals surface area (Å²) in [5, 5.41) is 0.413. The van der Waals surface area contributed by atoms with Crippen LogP contribution in [0, 0.1) is 35.5 Å². The van der Waals surface area contributed by atoms with Crippen LogP contribution in [0.5, 0.6) is 0 Å². The molecule has 2 aliphatic carbocycles. The van der Waals surface area contributed by atoms with Crippen molar-refractivity contribution in [2.24, 2.45) is 35.5 Å². The van der Waals surface area contributed by atoms with Crippen LogP contribution in [0.4, 0.5) is 0 Å². The van der Waals surface area contributed by atoms with Gasteiger partial charge in [-0.3, -0.25) is 0 Å². The third kappa shape index (κ3) is 3.27. The first-order chi connectivity index (χ1) is 10.5. The van der Waals surface area contributed by atoms with Crippen molar-refractivity contribution in [2.45, 2.75) is 71.6 Å². The molecule has 0 nitrogen and oxygen atoms in total. The molecule has 0 spiro atoms. The van der Waals surface area contributed by atoms with Crippen molar-refractivity contribution in [3.8, 4) is 0 Å². The van der Waals surface area contributed by atoms with Gasteiger partial charge in [-0.1, -0.05) is 39.7 Å². The Morgan fingerprint density at radius 2 is 1.68 bits per heavy atom. The Morgan fingerprint density at radius 3 is 2.23 bits per heavy atom. The van der Waals surface area contributed by atoms with Crippen molar-refractivity contribution >= 4 is 23.4 Å². The summed E-state index contributed by atoms with van der Waals surface area (Å²) in [4.78, 5) is 1.83. The molecule has 126 valence electrons. The average Bonchev–Trinajstić information content (AvgIpc) is 2.81. The van der Waals surface area contributed by atoms with Crippen LogP contribution >= 0.6 is 23.4 Å². The first-order valence-electron chi connectivity index (χ1n) is 9.49. The van der Waals surface area contributed by atoms with E-state index in [0.29, 0.717) is 11.3 Å². The average molecular weight is 341 g/mol. The number of hydrogen-bond donors (Lipinski definition) is 0. The summed E-state index contributed by atoms with van der Waals surface area (Å²) >= 11 is 8.87. The summed E-state index contributed by atoms with van der Waals surface area (Å²) in [7, 11) is 0. The molecule has 0 N–H and O–H groups in total. The Bertz CT molecular complexity index is 421. The molecule has 3 aliphatic rings. The molecule has 0 radical (unpaired) electrons. The van der Waals surface area contributed by atoms with Crippen LogP contribution in [0.3, 0.4) is 0 Å². The predicted molar refractivity (Wildman–Crippen MR) is 100 cm³/mol. The number of thioether (sulfide) groups is 1. The van der Waals surface area contributed by atoms with E-state index in [1.165, 1.54) is 44.3 Å². The summed E-state index contributed by atoms with van der Waals surface area (Å²) in [5.74, 6) is 6.23. The first kappa shape index (κ1) is 17.2. The van der Waals surface area contributed by atoms with E-state index in [4.69, 9.17) is 11.6 Å². The fourth-order valence-corrected chi connectivity index (χ4v) is 7.14. The van der Waals surface area contributed by atoms with Crippen molar-refractivity contribution in [3.63, 3.8) is 0 Å².